The molecule has 1 N–H and O–H groups in total. The van der Waals surface area contributed by atoms with Crippen molar-refractivity contribution < 1.29 is 22.7 Å². The maximum absolute atomic E-state index is 12.7. The second-order valence-electron chi connectivity index (χ2n) is 7.12. The lowest BCUT2D eigenvalue weighted by Gasteiger charge is -2.26. The molecule has 1 aromatic carbocycles. The molecule has 2 saturated heterocycles. The number of rotatable bonds is 7. The van der Waals surface area contributed by atoms with Crippen LogP contribution in [0.2, 0.25) is 0 Å². The fraction of sp³-hybridized carbons (Fsp3) is 0.632. The number of benzene rings is 1. The van der Waals surface area contributed by atoms with Crippen LogP contribution in [-0.4, -0.2) is 57.6 Å². The van der Waals surface area contributed by atoms with Crippen LogP contribution in [0.15, 0.2) is 23.1 Å². The van der Waals surface area contributed by atoms with Crippen LogP contribution in [-0.2, 0) is 19.6 Å². The van der Waals surface area contributed by atoms with Gasteiger partial charge in [-0.05, 0) is 56.4 Å². The van der Waals surface area contributed by atoms with Gasteiger partial charge in [0.25, 0.3) is 5.91 Å². The molecule has 0 unspecified atom stereocenters. The Hall–Kier alpha value is -1.64. The molecule has 1 atom stereocenters. The van der Waals surface area contributed by atoms with Gasteiger partial charge in [-0.25, -0.2) is 8.42 Å². The number of hydrogen-bond donors (Lipinski definition) is 1. The normalized spacial score (nSPS) is 21.1. The number of nitrogens with zero attached hydrogens (tertiary/aromatic N) is 1. The minimum absolute atomic E-state index is 0.0926. The van der Waals surface area contributed by atoms with E-state index in [2.05, 4.69) is 5.32 Å². The first-order valence-corrected chi connectivity index (χ1v) is 11.0. The third kappa shape index (κ3) is 5.21. The van der Waals surface area contributed by atoms with Crippen molar-refractivity contribution in [3.05, 3.63) is 23.8 Å². The van der Waals surface area contributed by atoms with Gasteiger partial charge in [-0.2, -0.15) is 4.31 Å². The SMILES string of the molecule is Cc1cc(S(=O)(=O)N2CCCCC2)ccc1OCC(=O)NC[C@H]1CCCO1. The number of nitrogens with one attached hydrogen (secondary N) is 1. The number of amides is 1. The Labute approximate surface area is 161 Å². The standard InChI is InChI=1S/C19H28N2O5S/c1-15-12-17(27(23,24)21-9-3-2-4-10-21)7-8-18(15)26-14-19(22)20-13-16-6-5-11-25-16/h7-8,12,16H,2-6,9-11,13-14H2,1H3,(H,20,22)/t16-/m1/s1. The highest BCUT2D eigenvalue weighted by Crippen LogP contribution is 2.25. The van der Waals surface area contributed by atoms with Gasteiger partial charge in [0, 0.05) is 26.2 Å². The molecule has 2 heterocycles. The number of hydrogen-bond acceptors (Lipinski definition) is 5. The second kappa shape index (κ2) is 9.03. The van der Waals surface area contributed by atoms with E-state index in [1.807, 2.05) is 0 Å². The zero-order chi connectivity index (χ0) is 19.3. The molecule has 0 spiro atoms. The van der Waals surface area contributed by atoms with Crippen LogP contribution in [0.4, 0.5) is 0 Å². The van der Waals surface area contributed by atoms with Crippen molar-refractivity contribution in [1.29, 1.82) is 0 Å². The second-order valence-corrected chi connectivity index (χ2v) is 9.06. The smallest absolute Gasteiger partial charge is 0.258 e. The Morgan fingerprint density at radius 3 is 2.70 bits per heavy atom. The summed E-state index contributed by atoms with van der Waals surface area (Å²) in [5.41, 5.74) is 0.694. The van der Waals surface area contributed by atoms with Gasteiger partial charge in [0.15, 0.2) is 6.61 Å². The highest BCUT2D eigenvalue weighted by Gasteiger charge is 2.26. The Kier molecular flexibility index (Phi) is 6.73. The molecular formula is C19H28N2O5S. The fourth-order valence-corrected chi connectivity index (χ4v) is 5.03. The van der Waals surface area contributed by atoms with Crippen molar-refractivity contribution in [3.63, 3.8) is 0 Å². The number of piperidine rings is 1. The zero-order valence-corrected chi connectivity index (χ0v) is 16.6. The van der Waals surface area contributed by atoms with Gasteiger partial charge in [0.05, 0.1) is 11.0 Å². The minimum Gasteiger partial charge on any atom is -0.484 e. The van der Waals surface area contributed by atoms with Crippen LogP contribution in [0.5, 0.6) is 5.75 Å². The molecule has 27 heavy (non-hydrogen) atoms. The average Bonchev–Trinajstić information content (AvgIpc) is 3.19. The minimum atomic E-state index is -3.47. The Balaban J connectivity index is 1.55. The summed E-state index contributed by atoms with van der Waals surface area (Å²) in [5.74, 6) is 0.301. The first-order valence-electron chi connectivity index (χ1n) is 9.59. The molecule has 7 nitrogen and oxygen atoms in total. The van der Waals surface area contributed by atoms with Gasteiger partial charge in [0.1, 0.15) is 5.75 Å². The predicted octanol–water partition coefficient (Wildman–Crippen LogP) is 1.84. The van der Waals surface area contributed by atoms with Gasteiger partial charge in [-0.1, -0.05) is 6.42 Å². The molecule has 0 bridgehead atoms. The highest BCUT2D eigenvalue weighted by atomic mass is 32.2. The summed E-state index contributed by atoms with van der Waals surface area (Å²) in [7, 11) is -3.47. The summed E-state index contributed by atoms with van der Waals surface area (Å²) in [4.78, 5) is 12.2. The monoisotopic (exact) mass is 396 g/mol. The van der Waals surface area contributed by atoms with Crippen LogP contribution in [0.3, 0.4) is 0 Å². The third-order valence-electron chi connectivity index (χ3n) is 5.01. The van der Waals surface area contributed by atoms with E-state index < -0.39 is 10.0 Å². The molecule has 2 fully saturated rings. The molecule has 8 heteroatoms. The summed E-state index contributed by atoms with van der Waals surface area (Å²) in [5, 5.41) is 2.80. The number of ether oxygens (including phenoxy) is 2. The molecular weight excluding hydrogens is 368 g/mol. The van der Waals surface area contributed by atoms with Crippen LogP contribution < -0.4 is 10.1 Å². The lowest BCUT2D eigenvalue weighted by atomic mass is 10.2. The molecule has 0 radical (unpaired) electrons. The van der Waals surface area contributed by atoms with Crippen molar-refractivity contribution in [2.24, 2.45) is 0 Å². The fourth-order valence-electron chi connectivity index (χ4n) is 3.43. The van der Waals surface area contributed by atoms with Gasteiger partial charge in [-0.15, -0.1) is 0 Å². The predicted molar refractivity (Wildman–Crippen MR) is 101 cm³/mol. The summed E-state index contributed by atoms with van der Waals surface area (Å²) in [6.07, 6.45) is 4.97. The molecule has 0 saturated carbocycles. The highest BCUT2D eigenvalue weighted by molar-refractivity contribution is 7.89. The number of carbonyl (C=O) groups is 1. The molecule has 2 aliphatic rings. The molecule has 2 aliphatic heterocycles. The first kappa shape index (κ1) is 20.1. The van der Waals surface area contributed by atoms with Crippen LogP contribution in [0.1, 0.15) is 37.7 Å². The molecule has 0 aliphatic carbocycles. The Morgan fingerprint density at radius 1 is 1.26 bits per heavy atom. The van der Waals surface area contributed by atoms with Gasteiger partial charge < -0.3 is 14.8 Å². The Morgan fingerprint density at radius 2 is 2.04 bits per heavy atom. The summed E-state index contributed by atoms with van der Waals surface area (Å²) >= 11 is 0. The number of sulfonamides is 1. The quantitative estimate of drug-likeness (QED) is 0.760. The summed E-state index contributed by atoms with van der Waals surface area (Å²) in [6.45, 7) is 4.08. The first-order chi connectivity index (χ1) is 13.0. The summed E-state index contributed by atoms with van der Waals surface area (Å²) in [6, 6.07) is 4.79. The van der Waals surface area contributed by atoms with Crippen LogP contribution in [0.25, 0.3) is 0 Å². The van der Waals surface area contributed by atoms with Crippen LogP contribution >= 0.6 is 0 Å². The molecule has 150 valence electrons. The van der Waals surface area contributed by atoms with E-state index in [-0.39, 0.29) is 23.5 Å². The van der Waals surface area contributed by atoms with Crippen molar-refractivity contribution in [1.82, 2.24) is 9.62 Å². The third-order valence-corrected chi connectivity index (χ3v) is 6.90. The lowest BCUT2D eigenvalue weighted by molar-refractivity contribution is -0.123. The van der Waals surface area contributed by atoms with Gasteiger partial charge in [0.2, 0.25) is 10.0 Å². The van der Waals surface area contributed by atoms with Crippen molar-refractivity contribution in [2.45, 2.75) is 50.0 Å². The van der Waals surface area contributed by atoms with E-state index in [9.17, 15) is 13.2 Å². The summed E-state index contributed by atoms with van der Waals surface area (Å²) < 4.78 is 38.0. The van der Waals surface area contributed by atoms with E-state index in [1.165, 1.54) is 0 Å². The molecule has 1 amide bonds. The van der Waals surface area contributed by atoms with E-state index in [0.717, 1.165) is 38.7 Å². The number of aryl methyl sites for hydroxylation is 1. The maximum atomic E-state index is 12.7. The topological polar surface area (TPSA) is 84.9 Å². The maximum Gasteiger partial charge on any atom is 0.258 e. The van der Waals surface area contributed by atoms with E-state index in [0.29, 0.717) is 30.9 Å². The van der Waals surface area contributed by atoms with E-state index in [4.69, 9.17) is 9.47 Å². The van der Waals surface area contributed by atoms with Gasteiger partial charge in [-0.3, -0.25) is 4.79 Å². The average molecular weight is 397 g/mol. The largest absolute Gasteiger partial charge is 0.484 e. The molecule has 3 rings (SSSR count). The lowest BCUT2D eigenvalue weighted by Crippen LogP contribution is -2.35. The van der Waals surface area contributed by atoms with Crippen molar-refractivity contribution >= 4 is 15.9 Å². The van der Waals surface area contributed by atoms with Crippen molar-refractivity contribution in [3.8, 4) is 5.75 Å². The van der Waals surface area contributed by atoms with Crippen molar-refractivity contribution in [2.75, 3.05) is 32.8 Å². The molecule has 0 aromatic heterocycles. The van der Waals surface area contributed by atoms with Crippen LogP contribution in [0, 0.1) is 6.92 Å². The Bertz CT molecular complexity index is 753. The van der Waals surface area contributed by atoms with Gasteiger partial charge >= 0.3 is 0 Å². The van der Waals surface area contributed by atoms with E-state index >= 15 is 0 Å². The van der Waals surface area contributed by atoms with E-state index in [1.54, 1.807) is 29.4 Å². The number of carbonyl (C=O) groups excluding carboxylic acids is 1. The zero-order valence-electron chi connectivity index (χ0n) is 15.8. The molecule has 1 aromatic rings.